The number of ether oxygens (including phenoxy) is 1. The normalized spacial score (nSPS) is 19.3. The molecule has 0 unspecified atom stereocenters. The molecule has 1 aliphatic heterocycles. The Morgan fingerprint density at radius 3 is 2.89 bits per heavy atom. The van der Waals surface area contributed by atoms with E-state index in [-0.39, 0.29) is 18.6 Å². The monoisotopic (exact) mass is 262 g/mol. The lowest BCUT2D eigenvalue weighted by Gasteiger charge is -2.30. The maximum Gasteiger partial charge on any atom is 0.260 e. The number of hydrogen-bond acceptors (Lipinski definition) is 3. The van der Waals surface area contributed by atoms with E-state index in [1.54, 1.807) is 4.90 Å². The zero-order valence-corrected chi connectivity index (χ0v) is 11.7. The molecule has 1 aromatic rings. The van der Waals surface area contributed by atoms with Crippen molar-refractivity contribution < 1.29 is 9.53 Å². The molecule has 1 aromatic carbocycles. The van der Waals surface area contributed by atoms with Gasteiger partial charge in [0.2, 0.25) is 0 Å². The summed E-state index contributed by atoms with van der Waals surface area (Å²) < 4.78 is 5.56. The minimum atomic E-state index is 0.0216. The van der Waals surface area contributed by atoms with Crippen molar-refractivity contribution in [3.63, 3.8) is 0 Å². The summed E-state index contributed by atoms with van der Waals surface area (Å²) in [5.74, 6) is 0.770. The Hall–Kier alpha value is -1.55. The highest BCUT2D eigenvalue weighted by molar-refractivity contribution is 5.77. The Morgan fingerprint density at radius 1 is 1.42 bits per heavy atom. The van der Waals surface area contributed by atoms with Crippen LogP contribution < -0.4 is 10.5 Å². The molecule has 0 saturated carbocycles. The minimum Gasteiger partial charge on any atom is -0.484 e. The molecule has 4 nitrogen and oxygen atoms in total. The topological polar surface area (TPSA) is 55.6 Å². The zero-order valence-electron chi connectivity index (χ0n) is 11.7. The van der Waals surface area contributed by atoms with Gasteiger partial charge in [-0.15, -0.1) is 0 Å². The molecule has 1 aliphatic rings. The summed E-state index contributed by atoms with van der Waals surface area (Å²) in [6.45, 7) is 5.63. The van der Waals surface area contributed by atoms with Crippen LogP contribution in [0.4, 0.5) is 0 Å². The van der Waals surface area contributed by atoms with Crippen molar-refractivity contribution in [3.05, 3.63) is 29.3 Å². The molecule has 1 amide bonds. The fourth-order valence-corrected chi connectivity index (χ4v) is 2.28. The molecule has 2 rings (SSSR count). The van der Waals surface area contributed by atoms with E-state index in [1.807, 2.05) is 25.1 Å². The summed E-state index contributed by atoms with van der Waals surface area (Å²) >= 11 is 0. The maximum absolute atomic E-state index is 12.0. The van der Waals surface area contributed by atoms with Gasteiger partial charge in [0.15, 0.2) is 6.61 Å². The predicted molar refractivity (Wildman–Crippen MR) is 75.2 cm³/mol. The van der Waals surface area contributed by atoms with Crippen LogP contribution in [-0.2, 0) is 4.79 Å². The van der Waals surface area contributed by atoms with E-state index in [9.17, 15) is 4.79 Å². The molecule has 2 N–H and O–H groups in total. The van der Waals surface area contributed by atoms with Gasteiger partial charge in [0.25, 0.3) is 5.91 Å². The summed E-state index contributed by atoms with van der Waals surface area (Å²) in [4.78, 5) is 13.8. The van der Waals surface area contributed by atoms with Crippen molar-refractivity contribution in [2.75, 3.05) is 19.7 Å². The molecule has 1 fully saturated rings. The molecule has 0 aromatic heterocycles. The fourth-order valence-electron chi connectivity index (χ4n) is 2.28. The lowest BCUT2D eigenvalue weighted by Crippen LogP contribution is -2.47. The van der Waals surface area contributed by atoms with Gasteiger partial charge in [0.05, 0.1) is 0 Å². The largest absolute Gasteiger partial charge is 0.484 e. The highest BCUT2D eigenvalue weighted by Crippen LogP contribution is 2.16. The SMILES string of the molecule is Cc1ccc(OCC(=O)N2CCC[C@@H](N)C2)cc1C. The molecule has 1 saturated heterocycles. The Kier molecular flexibility index (Phi) is 4.43. The number of nitrogens with two attached hydrogens (primary N) is 1. The third kappa shape index (κ3) is 3.70. The van der Waals surface area contributed by atoms with E-state index in [1.165, 1.54) is 11.1 Å². The number of amides is 1. The van der Waals surface area contributed by atoms with Crippen molar-refractivity contribution in [3.8, 4) is 5.75 Å². The lowest BCUT2D eigenvalue weighted by atomic mass is 10.1. The first kappa shape index (κ1) is 13.9. The molecule has 1 atom stereocenters. The summed E-state index contributed by atoms with van der Waals surface area (Å²) in [7, 11) is 0. The van der Waals surface area contributed by atoms with E-state index in [4.69, 9.17) is 10.5 Å². The van der Waals surface area contributed by atoms with Crippen molar-refractivity contribution in [1.29, 1.82) is 0 Å². The molecule has 0 bridgehead atoms. The highest BCUT2D eigenvalue weighted by atomic mass is 16.5. The third-order valence-electron chi connectivity index (χ3n) is 3.65. The molecular weight excluding hydrogens is 240 g/mol. The molecule has 0 radical (unpaired) electrons. The average Bonchev–Trinajstić information content (AvgIpc) is 2.40. The lowest BCUT2D eigenvalue weighted by molar-refractivity contribution is -0.134. The van der Waals surface area contributed by atoms with Crippen molar-refractivity contribution in [2.45, 2.75) is 32.7 Å². The Bertz CT molecular complexity index is 459. The van der Waals surface area contributed by atoms with E-state index < -0.39 is 0 Å². The first-order valence-electron chi connectivity index (χ1n) is 6.79. The van der Waals surface area contributed by atoms with E-state index >= 15 is 0 Å². The summed E-state index contributed by atoms with van der Waals surface area (Å²) in [6.07, 6.45) is 1.98. The Morgan fingerprint density at radius 2 is 2.21 bits per heavy atom. The number of hydrogen-bond donors (Lipinski definition) is 1. The van der Waals surface area contributed by atoms with Gasteiger partial charge in [0.1, 0.15) is 5.75 Å². The number of piperidine rings is 1. The maximum atomic E-state index is 12.0. The van der Waals surface area contributed by atoms with Gasteiger partial charge in [-0.2, -0.15) is 0 Å². The van der Waals surface area contributed by atoms with Gasteiger partial charge >= 0.3 is 0 Å². The van der Waals surface area contributed by atoms with Crippen LogP contribution >= 0.6 is 0 Å². The summed E-state index contributed by atoms with van der Waals surface area (Å²) in [5.41, 5.74) is 8.27. The molecular formula is C15H22N2O2. The van der Waals surface area contributed by atoms with Gasteiger partial charge in [-0.25, -0.2) is 0 Å². The van der Waals surface area contributed by atoms with Crippen LogP contribution in [0.15, 0.2) is 18.2 Å². The van der Waals surface area contributed by atoms with Gasteiger partial charge in [-0.1, -0.05) is 6.07 Å². The number of carbonyl (C=O) groups is 1. The average molecular weight is 262 g/mol. The Balaban J connectivity index is 1.87. The quantitative estimate of drug-likeness (QED) is 0.901. The highest BCUT2D eigenvalue weighted by Gasteiger charge is 2.21. The third-order valence-corrected chi connectivity index (χ3v) is 3.65. The Labute approximate surface area is 114 Å². The van der Waals surface area contributed by atoms with Gasteiger partial charge in [-0.3, -0.25) is 4.79 Å². The van der Waals surface area contributed by atoms with Gasteiger partial charge in [0, 0.05) is 19.1 Å². The van der Waals surface area contributed by atoms with Crippen molar-refractivity contribution in [2.24, 2.45) is 5.73 Å². The standard InChI is InChI=1S/C15H22N2O2/c1-11-5-6-14(8-12(11)2)19-10-15(18)17-7-3-4-13(16)9-17/h5-6,8,13H,3-4,7,9-10,16H2,1-2H3/t13-/m1/s1. The molecule has 104 valence electrons. The molecule has 19 heavy (non-hydrogen) atoms. The summed E-state index contributed by atoms with van der Waals surface area (Å²) in [6, 6.07) is 5.98. The molecule has 0 spiro atoms. The number of rotatable bonds is 3. The zero-order chi connectivity index (χ0) is 13.8. The minimum absolute atomic E-state index is 0.0216. The first-order chi connectivity index (χ1) is 9.06. The van der Waals surface area contributed by atoms with Crippen LogP contribution in [0, 0.1) is 13.8 Å². The van der Waals surface area contributed by atoms with E-state index in [0.717, 1.165) is 25.1 Å². The second-order valence-electron chi connectivity index (χ2n) is 5.28. The number of aryl methyl sites for hydroxylation is 2. The predicted octanol–water partition coefficient (Wildman–Crippen LogP) is 1.63. The van der Waals surface area contributed by atoms with Crippen LogP contribution in [0.5, 0.6) is 5.75 Å². The first-order valence-corrected chi connectivity index (χ1v) is 6.79. The van der Waals surface area contributed by atoms with Gasteiger partial charge in [-0.05, 0) is 49.9 Å². The number of likely N-dealkylation sites (tertiary alicyclic amines) is 1. The van der Waals surface area contributed by atoms with E-state index in [0.29, 0.717) is 6.54 Å². The van der Waals surface area contributed by atoms with Crippen LogP contribution in [0.2, 0.25) is 0 Å². The number of nitrogens with zero attached hydrogens (tertiary/aromatic N) is 1. The van der Waals surface area contributed by atoms with E-state index in [2.05, 4.69) is 6.92 Å². The van der Waals surface area contributed by atoms with Gasteiger partial charge < -0.3 is 15.4 Å². The van der Waals surface area contributed by atoms with Crippen LogP contribution in [-0.4, -0.2) is 36.5 Å². The molecule has 1 heterocycles. The molecule has 0 aliphatic carbocycles. The number of benzene rings is 1. The van der Waals surface area contributed by atoms with Crippen LogP contribution in [0.25, 0.3) is 0 Å². The number of carbonyl (C=O) groups excluding carboxylic acids is 1. The van der Waals surface area contributed by atoms with Crippen molar-refractivity contribution in [1.82, 2.24) is 4.90 Å². The van der Waals surface area contributed by atoms with Crippen LogP contribution in [0.3, 0.4) is 0 Å². The fraction of sp³-hybridized carbons (Fsp3) is 0.533. The van der Waals surface area contributed by atoms with Crippen LogP contribution in [0.1, 0.15) is 24.0 Å². The second kappa shape index (κ2) is 6.06. The summed E-state index contributed by atoms with van der Waals surface area (Å²) in [5, 5.41) is 0. The van der Waals surface area contributed by atoms with Crippen molar-refractivity contribution >= 4 is 5.91 Å². The molecule has 4 heteroatoms. The smallest absolute Gasteiger partial charge is 0.260 e. The second-order valence-corrected chi connectivity index (χ2v) is 5.28.